The molecular weight excluding hydrogens is 547 g/mol. The number of hydrogen-bond donors (Lipinski definition) is 0. The molecule has 0 unspecified atom stereocenters. The quantitative estimate of drug-likeness (QED) is 0.478. The zero-order valence-electron chi connectivity index (χ0n) is 23.3. The second-order valence-corrected chi connectivity index (χ2v) is 12.2. The van der Waals surface area contributed by atoms with Gasteiger partial charge in [-0.05, 0) is 74.1 Å². The minimum Gasteiger partial charge on any atom is -0.372 e. The number of carbonyl (C=O) groups excluding carboxylic acids is 3. The number of anilines is 1. The topological polar surface area (TPSA) is 64.2 Å². The maximum absolute atomic E-state index is 13.7. The molecule has 9 heteroatoms. The Kier molecular flexibility index (Phi) is 8.91. The lowest BCUT2D eigenvalue weighted by atomic mass is 9.83. The Morgan fingerprint density at radius 3 is 2.10 bits per heavy atom. The summed E-state index contributed by atoms with van der Waals surface area (Å²) in [4.78, 5) is 47.0. The first-order valence-corrected chi connectivity index (χ1v) is 15.1. The number of amides is 3. The number of halogens is 2. The van der Waals surface area contributed by atoms with Crippen molar-refractivity contribution in [2.45, 2.75) is 51.0 Å². The predicted octanol–water partition coefficient (Wildman–Crippen LogP) is 5.31. The van der Waals surface area contributed by atoms with Crippen molar-refractivity contribution >= 4 is 46.6 Å². The number of likely N-dealkylation sites (N-methyl/N-ethyl adjacent to an activating group) is 1. The highest BCUT2D eigenvalue weighted by molar-refractivity contribution is 6.42. The maximum atomic E-state index is 13.7. The van der Waals surface area contributed by atoms with Crippen molar-refractivity contribution < 1.29 is 14.4 Å². The summed E-state index contributed by atoms with van der Waals surface area (Å²) in [6, 6.07) is 13.4. The number of rotatable bonds is 5. The molecule has 2 aromatic rings. The summed E-state index contributed by atoms with van der Waals surface area (Å²) in [6.45, 7) is 6.02. The maximum Gasteiger partial charge on any atom is 0.253 e. The Hall–Kier alpha value is -2.77. The second-order valence-electron chi connectivity index (χ2n) is 11.4. The fourth-order valence-electron chi connectivity index (χ4n) is 6.52. The molecule has 40 heavy (non-hydrogen) atoms. The van der Waals surface area contributed by atoms with Gasteiger partial charge in [-0.15, -0.1) is 0 Å². The van der Waals surface area contributed by atoms with Gasteiger partial charge in [0.1, 0.15) is 0 Å². The second kappa shape index (κ2) is 12.4. The van der Waals surface area contributed by atoms with Crippen molar-refractivity contribution in [1.82, 2.24) is 14.7 Å². The van der Waals surface area contributed by atoms with Gasteiger partial charge in [-0.3, -0.25) is 14.4 Å². The van der Waals surface area contributed by atoms with E-state index < -0.39 is 0 Å². The van der Waals surface area contributed by atoms with Gasteiger partial charge in [0.2, 0.25) is 11.8 Å². The Balaban J connectivity index is 1.33. The van der Waals surface area contributed by atoms with Crippen LogP contribution in [0.4, 0.5) is 5.69 Å². The first-order valence-electron chi connectivity index (χ1n) is 14.3. The molecule has 5 rings (SSSR count). The van der Waals surface area contributed by atoms with Crippen LogP contribution in [0, 0.1) is 5.92 Å². The zero-order chi connectivity index (χ0) is 28.4. The number of benzene rings is 2. The van der Waals surface area contributed by atoms with Crippen molar-refractivity contribution in [3.8, 4) is 0 Å². The van der Waals surface area contributed by atoms with Crippen molar-refractivity contribution in [3.63, 3.8) is 0 Å². The van der Waals surface area contributed by atoms with E-state index in [-0.39, 0.29) is 35.6 Å². The molecule has 214 valence electrons. The van der Waals surface area contributed by atoms with E-state index in [1.807, 2.05) is 58.1 Å². The first-order chi connectivity index (χ1) is 19.2. The summed E-state index contributed by atoms with van der Waals surface area (Å²) in [6.07, 6.45) is 4.44. The van der Waals surface area contributed by atoms with Gasteiger partial charge in [-0.1, -0.05) is 29.3 Å². The van der Waals surface area contributed by atoms with E-state index in [9.17, 15) is 14.4 Å². The number of likely N-dealkylation sites (tertiary alicyclic amines) is 2. The summed E-state index contributed by atoms with van der Waals surface area (Å²) in [5.41, 5.74) is 2.78. The molecule has 3 aliphatic heterocycles. The van der Waals surface area contributed by atoms with Gasteiger partial charge in [0.15, 0.2) is 0 Å². The van der Waals surface area contributed by atoms with E-state index in [1.54, 1.807) is 13.0 Å². The van der Waals surface area contributed by atoms with Crippen LogP contribution in [0.25, 0.3) is 0 Å². The number of hydrogen-bond acceptors (Lipinski definition) is 4. The molecule has 3 fully saturated rings. The van der Waals surface area contributed by atoms with Gasteiger partial charge in [0, 0.05) is 82.4 Å². The van der Waals surface area contributed by atoms with Crippen molar-refractivity contribution in [3.05, 3.63) is 63.6 Å². The molecule has 2 atom stereocenters. The highest BCUT2D eigenvalue weighted by Gasteiger charge is 2.39. The van der Waals surface area contributed by atoms with E-state index in [1.165, 1.54) is 12.8 Å². The van der Waals surface area contributed by atoms with Crippen LogP contribution >= 0.6 is 23.2 Å². The molecule has 0 aromatic heterocycles. The smallest absolute Gasteiger partial charge is 0.253 e. The zero-order valence-corrected chi connectivity index (χ0v) is 24.8. The van der Waals surface area contributed by atoms with Crippen LogP contribution in [0.1, 0.15) is 60.9 Å². The third-order valence-electron chi connectivity index (χ3n) is 8.95. The van der Waals surface area contributed by atoms with E-state index >= 15 is 0 Å². The Bertz CT molecular complexity index is 1240. The van der Waals surface area contributed by atoms with Crippen molar-refractivity contribution in [2.75, 3.05) is 51.2 Å². The van der Waals surface area contributed by atoms with Crippen LogP contribution in [0.3, 0.4) is 0 Å². The standard InChI is InChI=1S/C31H38Cl2N4O3/c1-21(38)35-16-11-23(12-17-35)31(40)37-18-13-29(26(20-37)24-7-10-27(32)28(33)19-24)34(2)30(39)22-5-8-25(9-6-22)36-14-3-4-15-36/h5-10,19,23,26,29H,3-4,11-18,20H2,1-2H3/t26-,29+/m0/s1. The molecule has 3 heterocycles. The summed E-state index contributed by atoms with van der Waals surface area (Å²) in [7, 11) is 1.86. The third-order valence-corrected chi connectivity index (χ3v) is 9.69. The van der Waals surface area contributed by atoms with E-state index in [0.717, 1.165) is 24.3 Å². The Morgan fingerprint density at radius 1 is 0.825 bits per heavy atom. The van der Waals surface area contributed by atoms with Crippen LogP contribution < -0.4 is 4.90 Å². The minimum absolute atomic E-state index is 0.0283. The molecule has 0 saturated carbocycles. The first kappa shape index (κ1) is 28.7. The average Bonchev–Trinajstić information content (AvgIpc) is 3.52. The molecule has 0 spiro atoms. The SMILES string of the molecule is CC(=O)N1CCC(C(=O)N2CC[C@@H](N(C)C(=O)c3ccc(N4CCCC4)cc3)[C@H](c3ccc(Cl)c(Cl)c3)C2)CC1. The minimum atomic E-state index is -0.109. The largest absolute Gasteiger partial charge is 0.372 e. The molecule has 0 radical (unpaired) electrons. The van der Waals surface area contributed by atoms with Crippen LogP contribution in [0.2, 0.25) is 10.0 Å². The van der Waals surface area contributed by atoms with Crippen LogP contribution in [0.15, 0.2) is 42.5 Å². The van der Waals surface area contributed by atoms with Gasteiger partial charge in [0.05, 0.1) is 10.0 Å². The van der Waals surface area contributed by atoms with E-state index in [0.29, 0.717) is 61.1 Å². The van der Waals surface area contributed by atoms with E-state index in [4.69, 9.17) is 23.2 Å². The van der Waals surface area contributed by atoms with Crippen molar-refractivity contribution in [1.29, 1.82) is 0 Å². The average molecular weight is 586 g/mol. The fraction of sp³-hybridized carbons (Fsp3) is 0.516. The number of carbonyl (C=O) groups is 3. The highest BCUT2D eigenvalue weighted by Crippen LogP contribution is 2.36. The summed E-state index contributed by atoms with van der Waals surface area (Å²) >= 11 is 12.6. The molecule has 3 amide bonds. The monoisotopic (exact) mass is 584 g/mol. The van der Waals surface area contributed by atoms with Gasteiger partial charge in [0.25, 0.3) is 5.91 Å². The molecule has 3 aliphatic rings. The third kappa shape index (κ3) is 6.10. The molecule has 0 N–H and O–H groups in total. The summed E-state index contributed by atoms with van der Waals surface area (Å²) < 4.78 is 0. The fourth-order valence-corrected chi connectivity index (χ4v) is 6.82. The molecule has 7 nitrogen and oxygen atoms in total. The molecule has 0 aliphatic carbocycles. The predicted molar refractivity (Wildman–Crippen MR) is 159 cm³/mol. The van der Waals surface area contributed by atoms with Gasteiger partial charge in [-0.2, -0.15) is 0 Å². The lowest BCUT2D eigenvalue weighted by Gasteiger charge is -2.44. The summed E-state index contributed by atoms with van der Waals surface area (Å²) in [5.74, 6) is -0.0277. The molecular formula is C31H38Cl2N4O3. The lowest BCUT2D eigenvalue weighted by Crippen LogP contribution is -2.53. The van der Waals surface area contributed by atoms with Crippen molar-refractivity contribution in [2.24, 2.45) is 5.92 Å². The molecule has 2 aromatic carbocycles. The van der Waals surface area contributed by atoms with Crippen LogP contribution in [-0.2, 0) is 9.59 Å². The molecule has 0 bridgehead atoms. The van der Waals surface area contributed by atoms with Gasteiger partial charge < -0.3 is 19.6 Å². The van der Waals surface area contributed by atoms with E-state index in [2.05, 4.69) is 4.90 Å². The lowest BCUT2D eigenvalue weighted by molar-refractivity contribution is -0.141. The molecule has 3 saturated heterocycles. The van der Waals surface area contributed by atoms with Gasteiger partial charge >= 0.3 is 0 Å². The number of nitrogens with zero attached hydrogens (tertiary/aromatic N) is 4. The van der Waals surface area contributed by atoms with Crippen LogP contribution in [-0.4, -0.2) is 84.8 Å². The Labute approximate surface area is 247 Å². The number of piperidine rings is 2. The van der Waals surface area contributed by atoms with Gasteiger partial charge in [-0.25, -0.2) is 0 Å². The van der Waals surface area contributed by atoms with Crippen LogP contribution in [0.5, 0.6) is 0 Å². The summed E-state index contributed by atoms with van der Waals surface area (Å²) in [5, 5.41) is 0.940. The Morgan fingerprint density at radius 2 is 1.48 bits per heavy atom. The normalized spacial score (nSPS) is 21.9. The highest BCUT2D eigenvalue weighted by atomic mass is 35.5.